The van der Waals surface area contributed by atoms with Gasteiger partial charge in [0.2, 0.25) is 5.88 Å². The molecule has 24 heavy (non-hydrogen) atoms. The van der Waals surface area contributed by atoms with Gasteiger partial charge in [0, 0.05) is 22.9 Å². The maximum absolute atomic E-state index is 5.42. The quantitative estimate of drug-likeness (QED) is 0.619. The fraction of sp³-hybridized carbons (Fsp3) is 0.167. The first-order chi connectivity index (χ1) is 11.7. The second kappa shape index (κ2) is 5.49. The summed E-state index contributed by atoms with van der Waals surface area (Å²) in [6, 6.07) is 8.00. The van der Waals surface area contributed by atoms with Gasteiger partial charge in [0.25, 0.3) is 0 Å². The zero-order valence-corrected chi connectivity index (χ0v) is 13.6. The lowest BCUT2D eigenvalue weighted by Gasteiger charge is -2.10. The van der Waals surface area contributed by atoms with Crippen molar-refractivity contribution in [1.29, 1.82) is 0 Å². The van der Waals surface area contributed by atoms with Crippen molar-refractivity contribution in [2.75, 3.05) is 7.11 Å². The van der Waals surface area contributed by atoms with Crippen molar-refractivity contribution in [3.63, 3.8) is 0 Å². The number of aryl methyl sites for hydroxylation is 2. The minimum absolute atomic E-state index is 0.567. The van der Waals surface area contributed by atoms with Crippen molar-refractivity contribution < 1.29 is 9.26 Å². The number of aromatic nitrogens is 4. The fourth-order valence-corrected chi connectivity index (χ4v) is 3.05. The molecule has 1 aromatic carbocycles. The van der Waals surface area contributed by atoms with Crippen molar-refractivity contribution in [3.05, 3.63) is 48.2 Å². The number of imidazole rings is 1. The summed E-state index contributed by atoms with van der Waals surface area (Å²) < 4.78 is 10.7. The van der Waals surface area contributed by atoms with Gasteiger partial charge in [-0.3, -0.25) is 0 Å². The molecular weight excluding hydrogens is 304 g/mol. The number of hydrogen-bond donors (Lipinski definition) is 1. The summed E-state index contributed by atoms with van der Waals surface area (Å²) in [6.45, 7) is 3.85. The zero-order chi connectivity index (χ0) is 16.7. The molecule has 0 bridgehead atoms. The van der Waals surface area contributed by atoms with Crippen LogP contribution in [-0.4, -0.2) is 27.2 Å². The van der Waals surface area contributed by atoms with Gasteiger partial charge in [0.15, 0.2) is 0 Å². The van der Waals surface area contributed by atoms with Gasteiger partial charge in [-0.25, -0.2) is 9.97 Å². The third-order valence-electron chi connectivity index (χ3n) is 4.10. The molecule has 0 aliphatic heterocycles. The molecule has 3 aromatic heterocycles. The van der Waals surface area contributed by atoms with Crippen LogP contribution in [0.5, 0.6) is 5.88 Å². The fourth-order valence-electron chi connectivity index (χ4n) is 3.05. The monoisotopic (exact) mass is 320 g/mol. The van der Waals surface area contributed by atoms with E-state index in [4.69, 9.17) is 9.26 Å². The molecule has 0 saturated heterocycles. The summed E-state index contributed by atoms with van der Waals surface area (Å²) in [6.07, 6.45) is 3.40. The minimum atomic E-state index is 0.567. The van der Waals surface area contributed by atoms with E-state index in [1.807, 2.05) is 26.0 Å². The Morgan fingerprint density at radius 1 is 1.12 bits per heavy atom. The van der Waals surface area contributed by atoms with Crippen LogP contribution in [0.15, 0.2) is 41.3 Å². The molecule has 120 valence electrons. The first-order valence-electron chi connectivity index (χ1n) is 7.59. The highest BCUT2D eigenvalue weighted by Gasteiger charge is 2.17. The number of nitrogens with zero attached hydrogens (tertiary/aromatic N) is 3. The lowest BCUT2D eigenvalue weighted by molar-refractivity contribution is 0.393. The molecule has 0 aliphatic rings. The molecular formula is C18H16N4O2. The molecule has 0 amide bonds. The van der Waals surface area contributed by atoms with Gasteiger partial charge in [0.05, 0.1) is 30.2 Å². The molecule has 1 N–H and O–H groups in total. The number of pyridine rings is 1. The number of benzene rings is 1. The Kier molecular flexibility index (Phi) is 3.30. The number of aromatic amines is 1. The number of ether oxygens (including phenoxy) is 1. The van der Waals surface area contributed by atoms with Crippen molar-refractivity contribution in [2.45, 2.75) is 13.8 Å². The molecule has 6 heteroatoms. The molecule has 0 atom stereocenters. The van der Waals surface area contributed by atoms with E-state index in [0.717, 1.165) is 44.7 Å². The SMILES string of the molecule is COc1ncccc1-c1cc(-c2c(C)noc2C)cc2[nH]cnc12. The molecule has 4 rings (SSSR count). The Morgan fingerprint density at radius 3 is 2.75 bits per heavy atom. The summed E-state index contributed by atoms with van der Waals surface area (Å²) in [5, 5.41) is 4.06. The molecule has 0 radical (unpaired) electrons. The van der Waals surface area contributed by atoms with Gasteiger partial charge in [-0.15, -0.1) is 0 Å². The van der Waals surface area contributed by atoms with Crippen molar-refractivity contribution in [1.82, 2.24) is 20.1 Å². The highest BCUT2D eigenvalue weighted by molar-refractivity contribution is 5.97. The molecule has 0 fully saturated rings. The smallest absolute Gasteiger partial charge is 0.221 e. The Morgan fingerprint density at radius 2 is 2.00 bits per heavy atom. The average Bonchev–Trinajstić information content (AvgIpc) is 3.20. The minimum Gasteiger partial charge on any atom is -0.481 e. The van der Waals surface area contributed by atoms with Crippen LogP contribution in [0.1, 0.15) is 11.5 Å². The van der Waals surface area contributed by atoms with Crippen LogP contribution in [0.2, 0.25) is 0 Å². The lowest BCUT2D eigenvalue weighted by atomic mass is 9.97. The zero-order valence-electron chi connectivity index (χ0n) is 13.6. The van der Waals surface area contributed by atoms with Gasteiger partial charge in [-0.2, -0.15) is 0 Å². The van der Waals surface area contributed by atoms with Gasteiger partial charge in [0.1, 0.15) is 5.76 Å². The maximum Gasteiger partial charge on any atom is 0.221 e. The second-order valence-electron chi connectivity index (χ2n) is 5.58. The van der Waals surface area contributed by atoms with E-state index >= 15 is 0 Å². The van der Waals surface area contributed by atoms with Crippen LogP contribution >= 0.6 is 0 Å². The van der Waals surface area contributed by atoms with E-state index in [1.54, 1.807) is 19.6 Å². The first-order valence-corrected chi connectivity index (χ1v) is 7.59. The maximum atomic E-state index is 5.42. The van der Waals surface area contributed by atoms with Crippen LogP contribution in [-0.2, 0) is 0 Å². The van der Waals surface area contributed by atoms with Crippen molar-refractivity contribution in [3.8, 4) is 28.1 Å². The van der Waals surface area contributed by atoms with E-state index in [1.165, 1.54) is 0 Å². The predicted molar refractivity (Wildman–Crippen MR) is 90.8 cm³/mol. The van der Waals surface area contributed by atoms with Gasteiger partial charge in [-0.05, 0) is 43.7 Å². The molecule has 6 nitrogen and oxygen atoms in total. The molecule has 3 heterocycles. The normalized spacial score (nSPS) is 11.1. The number of methoxy groups -OCH3 is 1. The third kappa shape index (κ3) is 2.15. The average molecular weight is 320 g/mol. The topological polar surface area (TPSA) is 76.8 Å². The van der Waals surface area contributed by atoms with E-state index in [0.29, 0.717) is 5.88 Å². The largest absolute Gasteiger partial charge is 0.481 e. The Labute approximate surface area is 138 Å². The second-order valence-corrected chi connectivity index (χ2v) is 5.58. The van der Waals surface area contributed by atoms with Gasteiger partial charge < -0.3 is 14.2 Å². The summed E-state index contributed by atoms with van der Waals surface area (Å²) in [5.74, 6) is 1.35. The summed E-state index contributed by atoms with van der Waals surface area (Å²) in [5.41, 5.74) is 6.53. The van der Waals surface area contributed by atoms with E-state index in [2.05, 4.69) is 32.2 Å². The third-order valence-corrected chi connectivity index (χ3v) is 4.10. The van der Waals surface area contributed by atoms with Crippen LogP contribution in [0, 0.1) is 13.8 Å². The number of rotatable bonds is 3. The molecule has 0 spiro atoms. The molecule has 0 unspecified atom stereocenters. The number of hydrogen-bond acceptors (Lipinski definition) is 5. The first kappa shape index (κ1) is 14.4. The number of fused-ring (bicyclic) bond motifs is 1. The van der Waals surface area contributed by atoms with Crippen LogP contribution in [0.25, 0.3) is 33.3 Å². The molecule has 4 aromatic rings. The van der Waals surface area contributed by atoms with E-state index in [9.17, 15) is 0 Å². The van der Waals surface area contributed by atoms with Crippen molar-refractivity contribution in [2.24, 2.45) is 0 Å². The van der Waals surface area contributed by atoms with Gasteiger partial charge in [-0.1, -0.05) is 5.16 Å². The highest BCUT2D eigenvalue weighted by Crippen LogP contribution is 2.37. The highest BCUT2D eigenvalue weighted by atomic mass is 16.5. The Bertz CT molecular complexity index is 1010. The summed E-state index contributed by atoms with van der Waals surface area (Å²) in [4.78, 5) is 11.9. The van der Waals surface area contributed by atoms with Gasteiger partial charge >= 0.3 is 0 Å². The predicted octanol–water partition coefficient (Wildman–Crippen LogP) is 3.91. The molecule has 0 saturated carbocycles. The van der Waals surface area contributed by atoms with Crippen LogP contribution < -0.4 is 4.74 Å². The van der Waals surface area contributed by atoms with Crippen LogP contribution in [0.4, 0.5) is 0 Å². The van der Waals surface area contributed by atoms with E-state index in [-0.39, 0.29) is 0 Å². The standard InChI is InChI=1S/C18H16N4O2/c1-10-16(11(2)24-22-10)12-7-14(17-15(8-12)20-9-21-17)13-5-4-6-19-18(13)23-3/h4-9H,1-3H3,(H,20,21). The lowest BCUT2D eigenvalue weighted by Crippen LogP contribution is -1.93. The molecule has 0 aliphatic carbocycles. The van der Waals surface area contributed by atoms with Crippen LogP contribution in [0.3, 0.4) is 0 Å². The Balaban J connectivity index is 2.04. The van der Waals surface area contributed by atoms with Crippen molar-refractivity contribution >= 4 is 11.0 Å². The summed E-state index contributed by atoms with van der Waals surface area (Å²) in [7, 11) is 1.62. The summed E-state index contributed by atoms with van der Waals surface area (Å²) >= 11 is 0. The Hall–Kier alpha value is -3.15. The van der Waals surface area contributed by atoms with E-state index < -0.39 is 0 Å². The number of H-pyrrole nitrogens is 1. The number of nitrogens with one attached hydrogen (secondary N) is 1.